The molecular weight excluding hydrogens is 418 g/mol. The van der Waals surface area contributed by atoms with E-state index in [1.54, 1.807) is 30.5 Å². The molecule has 5 nitrogen and oxygen atoms in total. The minimum absolute atomic E-state index is 0. The molecule has 1 aliphatic rings. The Morgan fingerprint density at radius 3 is 2.40 bits per heavy atom. The topological polar surface area (TPSA) is 62.3 Å². The number of nitrogens with one attached hydrogen (secondary N) is 1. The van der Waals surface area contributed by atoms with E-state index in [0.29, 0.717) is 9.79 Å². The number of fused-ring (bicyclic) bond motifs is 1. The summed E-state index contributed by atoms with van der Waals surface area (Å²) in [6.07, 6.45) is 1.79. The van der Waals surface area contributed by atoms with Crippen LogP contribution < -0.4 is 10.2 Å². The number of hydrogen-bond acceptors (Lipinski definition) is 5. The smallest absolute Gasteiger partial charge is 0.206 e. The van der Waals surface area contributed by atoms with Crippen LogP contribution in [0.4, 0.5) is 5.82 Å². The number of pyridine rings is 1. The van der Waals surface area contributed by atoms with Gasteiger partial charge in [0, 0.05) is 37.8 Å². The maximum atomic E-state index is 13.6. The summed E-state index contributed by atoms with van der Waals surface area (Å²) in [6, 6.07) is 14.6. The number of hydrogen-bond donors (Lipinski definition) is 1. The summed E-state index contributed by atoms with van der Waals surface area (Å²) in [7, 11) is -3.65. The Balaban J connectivity index is 0.00000256. The summed E-state index contributed by atoms with van der Waals surface area (Å²) in [6.45, 7) is 9.62. The van der Waals surface area contributed by atoms with Gasteiger partial charge < -0.3 is 10.2 Å². The second kappa shape index (κ2) is 8.53. The molecule has 160 valence electrons. The standard InChI is InChI=1S/C23H27N3O2S.ClH/c1-23(2,3)20-6-4-5-7-21(20)29(27,28)18-9-8-17-10-11-25-22(19(17)16-18)26-14-12-24-13-15-26;/h4-11,16,24H,12-15H2,1-3H3;1H. The van der Waals surface area contributed by atoms with E-state index in [1.165, 1.54) is 0 Å². The van der Waals surface area contributed by atoms with Crippen molar-refractivity contribution in [1.29, 1.82) is 0 Å². The van der Waals surface area contributed by atoms with Crippen molar-refractivity contribution in [2.45, 2.75) is 36.0 Å². The molecule has 0 radical (unpaired) electrons. The van der Waals surface area contributed by atoms with Gasteiger partial charge in [-0.25, -0.2) is 13.4 Å². The van der Waals surface area contributed by atoms with Crippen LogP contribution in [0.15, 0.2) is 64.5 Å². The number of nitrogens with zero attached hydrogens (tertiary/aromatic N) is 2. The van der Waals surface area contributed by atoms with Crippen LogP contribution in [0, 0.1) is 0 Å². The lowest BCUT2D eigenvalue weighted by Gasteiger charge is -2.29. The molecule has 2 aromatic carbocycles. The Morgan fingerprint density at radius 1 is 1.00 bits per heavy atom. The molecule has 4 rings (SSSR count). The molecular formula is C23H28ClN3O2S. The molecule has 0 amide bonds. The third-order valence-corrected chi connectivity index (χ3v) is 7.24. The van der Waals surface area contributed by atoms with Gasteiger partial charge in [-0.3, -0.25) is 0 Å². The molecule has 0 spiro atoms. The number of rotatable bonds is 3. The van der Waals surface area contributed by atoms with E-state index < -0.39 is 9.84 Å². The lowest BCUT2D eigenvalue weighted by atomic mass is 9.87. The van der Waals surface area contributed by atoms with Gasteiger partial charge >= 0.3 is 0 Å². The Morgan fingerprint density at radius 2 is 1.70 bits per heavy atom. The quantitative estimate of drug-likeness (QED) is 0.654. The van der Waals surface area contributed by atoms with Crippen molar-refractivity contribution >= 4 is 38.8 Å². The first-order valence-electron chi connectivity index (χ1n) is 9.97. The molecule has 1 saturated heterocycles. The number of anilines is 1. The second-order valence-corrected chi connectivity index (χ2v) is 10.4. The maximum absolute atomic E-state index is 13.6. The molecule has 1 aromatic heterocycles. The zero-order valence-corrected chi connectivity index (χ0v) is 19.2. The summed E-state index contributed by atoms with van der Waals surface area (Å²) in [4.78, 5) is 7.49. The van der Waals surface area contributed by atoms with Crippen LogP contribution >= 0.6 is 12.4 Å². The van der Waals surface area contributed by atoms with E-state index in [1.807, 2.05) is 45.0 Å². The number of piperazine rings is 1. The summed E-state index contributed by atoms with van der Waals surface area (Å²) in [5.41, 5.74) is 0.558. The lowest BCUT2D eigenvalue weighted by Crippen LogP contribution is -2.43. The average Bonchev–Trinajstić information content (AvgIpc) is 2.73. The molecule has 30 heavy (non-hydrogen) atoms. The fourth-order valence-electron chi connectivity index (χ4n) is 3.88. The lowest BCUT2D eigenvalue weighted by molar-refractivity contribution is 0.561. The zero-order valence-electron chi connectivity index (χ0n) is 17.6. The highest BCUT2D eigenvalue weighted by molar-refractivity contribution is 7.91. The molecule has 0 atom stereocenters. The number of sulfone groups is 1. The number of aromatic nitrogens is 1. The van der Waals surface area contributed by atoms with Crippen molar-refractivity contribution < 1.29 is 8.42 Å². The van der Waals surface area contributed by atoms with Crippen molar-refractivity contribution in [3.63, 3.8) is 0 Å². The van der Waals surface area contributed by atoms with E-state index in [4.69, 9.17) is 0 Å². The number of benzene rings is 2. The molecule has 7 heteroatoms. The minimum Gasteiger partial charge on any atom is -0.354 e. The van der Waals surface area contributed by atoms with Crippen molar-refractivity contribution in [3.05, 3.63) is 60.3 Å². The van der Waals surface area contributed by atoms with Gasteiger partial charge in [-0.1, -0.05) is 45.0 Å². The highest BCUT2D eigenvalue weighted by Crippen LogP contribution is 2.34. The van der Waals surface area contributed by atoms with E-state index in [9.17, 15) is 8.42 Å². The van der Waals surface area contributed by atoms with Crippen molar-refractivity contribution in [2.75, 3.05) is 31.1 Å². The Labute approximate surface area is 184 Å². The minimum atomic E-state index is -3.65. The summed E-state index contributed by atoms with van der Waals surface area (Å²) in [5, 5.41) is 5.22. The normalized spacial score (nSPS) is 15.1. The van der Waals surface area contributed by atoms with Crippen LogP contribution in [-0.4, -0.2) is 39.6 Å². The maximum Gasteiger partial charge on any atom is 0.206 e. The fourth-order valence-corrected chi connectivity index (χ4v) is 5.57. The summed E-state index contributed by atoms with van der Waals surface area (Å²) in [5.74, 6) is 0.852. The monoisotopic (exact) mass is 445 g/mol. The first-order valence-corrected chi connectivity index (χ1v) is 11.5. The highest BCUT2D eigenvalue weighted by Gasteiger charge is 2.27. The van der Waals surface area contributed by atoms with E-state index >= 15 is 0 Å². The van der Waals surface area contributed by atoms with Crippen LogP contribution in [0.3, 0.4) is 0 Å². The molecule has 0 aliphatic carbocycles. The van der Waals surface area contributed by atoms with Gasteiger partial charge in [-0.05, 0) is 40.6 Å². The average molecular weight is 446 g/mol. The second-order valence-electron chi connectivity index (χ2n) is 8.50. The molecule has 0 saturated carbocycles. The molecule has 1 aliphatic heterocycles. The molecule has 1 N–H and O–H groups in total. The Hall–Kier alpha value is -2.15. The summed E-state index contributed by atoms with van der Waals surface area (Å²) < 4.78 is 27.2. The van der Waals surface area contributed by atoms with Crippen LogP contribution in [0.2, 0.25) is 0 Å². The van der Waals surface area contributed by atoms with E-state index in [-0.39, 0.29) is 17.8 Å². The van der Waals surface area contributed by atoms with Crippen molar-refractivity contribution in [1.82, 2.24) is 10.3 Å². The van der Waals surface area contributed by atoms with Crippen LogP contribution in [-0.2, 0) is 15.3 Å². The van der Waals surface area contributed by atoms with Crippen LogP contribution in [0.25, 0.3) is 10.8 Å². The largest absolute Gasteiger partial charge is 0.354 e. The molecule has 3 aromatic rings. The summed E-state index contributed by atoms with van der Waals surface area (Å²) >= 11 is 0. The fraction of sp³-hybridized carbons (Fsp3) is 0.348. The van der Waals surface area contributed by atoms with Crippen molar-refractivity contribution in [3.8, 4) is 0 Å². The van der Waals surface area contributed by atoms with Gasteiger partial charge in [-0.2, -0.15) is 0 Å². The third kappa shape index (κ3) is 4.17. The van der Waals surface area contributed by atoms with Gasteiger partial charge in [0.25, 0.3) is 0 Å². The molecule has 0 bridgehead atoms. The first kappa shape index (κ1) is 22.5. The third-order valence-electron chi connectivity index (χ3n) is 5.43. The van der Waals surface area contributed by atoms with Gasteiger partial charge in [-0.15, -0.1) is 12.4 Å². The van der Waals surface area contributed by atoms with Gasteiger partial charge in [0.2, 0.25) is 9.84 Å². The van der Waals surface area contributed by atoms with E-state index in [2.05, 4.69) is 15.2 Å². The SMILES string of the molecule is CC(C)(C)c1ccccc1S(=O)(=O)c1ccc2ccnc(N3CCNCC3)c2c1.Cl. The zero-order chi connectivity index (χ0) is 20.6. The molecule has 0 unspecified atom stereocenters. The van der Waals surface area contributed by atoms with Crippen LogP contribution in [0.1, 0.15) is 26.3 Å². The van der Waals surface area contributed by atoms with E-state index in [0.717, 1.165) is 48.3 Å². The van der Waals surface area contributed by atoms with Crippen molar-refractivity contribution in [2.24, 2.45) is 0 Å². The van der Waals surface area contributed by atoms with Gasteiger partial charge in [0.1, 0.15) is 5.82 Å². The van der Waals surface area contributed by atoms with Gasteiger partial charge in [0.05, 0.1) is 9.79 Å². The predicted molar refractivity (Wildman–Crippen MR) is 125 cm³/mol. The number of halogens is 1. The molecule has 1 fully saturated rings. The first-order chi connectivity index (χ1) is 13.8. The highest BCUT2D eigenvalue weighted by atomic mass is 35.5. The Bertz CT molecular complexity index is 1150. The Kier molecular flexibility index (Phi) is 6.41. The predicted octanol–water partition coefficient (Wildman–Crippen LogP) is 4.20. The molecule has 2 heterocycles. The van der Waals surface area contributed by atoms with Crippen LogP contribution in [0.5, 0.6) is 0 Å². The van der Waals surface area contributed by atoms with Gasteiger partial charge in [0.15, 0.2) is 0 Å².